The largest absolute Gasteiger partial charge is 0.497 e. The van der Waals surface area contributed by atoms with Crippen molar-refractivity contribution in [2.45, 2.75) is 25.5 Å². The third kappa shape index (κ3) is 3.88. The normalized spacial score (nSPS) is 16.9. The van der Waals surface area contributed by atoms with E-state index in [4.69, 9.17) is 21.1 Å². The fourth-order valence-electron chi connectivity index (χ4n) is 2.87. The lowest BCUT2D eigenvalue weighted by Gasteiger charge is -2.21. The highest BCUT2D eigenvalue weighted by molar-refractivity contribution is 6.32. The van der Waals surface area contributed by atoms with Crippen molar-refractivity contribution in [3.05, 3.63) is 40.7 Å². The van der Waals surface area contributed by atoms with Gasteiger partial charge in [0.05, 0.1) is 30.5 Å². The smallest absolute Gasteiger partial charge is 0.274 e. The number of methoxy groups -OCH3 is 1. The predicted octanol–water partition coefficient (Wildman–Crippen LogP) is 2.25. The summed E-state index contributed by atoms with van der Waals surface area (Å²) < 4.78 is 10.8. The maximum absolute atomic E-state index is 12.5. The Kier molecular flexibility index (Phi) is 5.45. The summed E-state index contributed by atoms with van der Waals surface area (Å²) in [7, 11) is 1.57. The number of nitrogens with zero attached hydrogens (tertiary/aromatic N) is 2. The zero-order valence-corrected chi connectivity index (χ0v) is 14.6. The Morgan fingerprint density at radius 3 is 3.04 bits per heavy atom. The van der Waals surface area contributed by atoms with Crippen molar-refractivity contribution in [2.24, 2.45) is 0 Å². The number of hydrogen-bond acceptors (Lipinski definition) is 5. The van der Waals surface area contributed by atoms with Crippen LogP contribution in [0.15, 0.2) is 24.3 Å². The number of ether oxygens (including phenoxy) is 2. The fourth-order valence-corrected chi connectivity index (χ4v) is 3.09. The van der Waals surface area contributed by atoms with Gasteiger partial charge in [-0.05, 0) is 31.0 Å². The number of halogens is 1. The van der Waals surface area contributed by atoms with Crippen molar-refractivity contribution in [2.75, 3.05) is 20.3 Å². The molecule has 2 heterocycles. The van der Waals surface area contributed by atoms with E-state index in [1.807, 2.05) is 0 Å². The van der Waals surface area contributed by atoms with Gasteiger partial charge in [-0.2, -0.15) is 5.10 Å². The molecule has 1 aliphatic heterocycles. The highest BCUT2D eigenvalue weighted by Gasteiger charge is 2.30. The summed E-state index contributed by atoms with van der Waals surface area (Å²) >= 11 is 6.13. The Hall–Kier alpha value is -2.25. The Morgan fingerprint density at radius 1 is 1.48 bits per heavy atom. The molecule has 0 spiro atoms. The number of carbonyl (C=O) groups excluding carboxylic acids is 1. The average Bonchev–Trinajstić information content (AvgIpc) is 3.29. The molecule has 0 unspecified atom stereocenters. The monoisotopic (exact) mass is 365 g/mol. The molecule has 1 amide bonds. The first kappa shape index (κ1) is 17.6. The minimum atomic E-state index is -0.179. The van der Waals surface area contributed by atoms with E-state index in [-0.39, 0.29) is 25.2 Å². The van der Waals surface area contributed by atoms with Gasteiger partial charge in [0.2, 0.25) is 0 Å². The number of aromatic amines is 1. The summed E-state index contributed by atoms with van der Waals surface area (Å²) in [6.45, 7) is 0.821. The van der Waals surface area contributed by atoms with Crippen LogP contribution < -0.4 is 9.47 Å². The summed E-state index contributed by atoms with van der Waals surface area (Å²) in [4.78, 5) is 14.2. The maximum atomic E-state index is 12.5. The first-order valence-corrected chi connectivity index (χ1v) is 8.42. The molecule has 25 heavy (non-hydrogen) atoms. The van der Waals surface area contributed by atoms with Crippen molar-refractivity contribution in [3.63, 3.8) is 0 Å². The standard InChI is InChI=1S/C17H20ClN3O4/c1-24-13-4-5-16(14(18)8-13)25-10-11-7-15(20-19-11)17(23)21-6-2-3-12(21)9-22/h4-5,7-8,12,22H,2-3,6,9-10H2,1H3,(H,19,20)/t12-/m0/s1. The van der Waals surface area contributed by atoms with Crippen LogP contribution in [0, 0.1) is 0 Å². The van der Waals surface area contributed by atoms with Crippen LogP contribution in [0.4, 0.5) is 0 Å². The Labute approximate surface area is 150 Å². The molecule has 134 valence electrons. The third-order valence-electron chi connectivity index (χ3n) is 4.22. The molecule has 7 nitrogen and oxygen atoms in total. The molecule has 1 aromatic carbocycles. The zero-order chi connectivity index (χ0) is 17.8. The second-order valence-electron chi connectivity index (χ2n) is 5.84. The van der Waals surface area contributed by atoms with Crippen molar-refractivity contribution in [1.29, 1.82) is 0 Å². The fraction of sp³-hybridized carbons (Fsp3) is 0.412. The number of benzene rings is 1. The molecule has 1 aliphatic rings. The number of H-pyrrole nitrogens is 1. The molecule has 0 saturated carbocycles. The predicted molar refractivity (Wildman–Crippen MR) is 92.1 cm³/mol. The lowest BCUT2D eigenvalue weighted by Crippen LogP contribution is -2.37. The van der Waals surface area contributed by atoms with E-state index in [2.05, 4.69) is 10.2 Å². The number of rotatable bonds is 6. The molecule has 3 rings (SSSR count). The van der Waals surface area contributed by atoms with Crippen LogP contribution in [0.25, 0.3) is 0 Å². The number of nitrogens with one attached hydrogen (secondary N) is 1. The van der Waals surface area contributed by atoms with Gasteiger partial charge in [0.15, 0.2) is 5.69 Å². The summed E-state index contributed by atoms with van der Waals surface area (Å²) in [6, 6.07) is 6.68. The number of aliphatic hydroxyl groups excluding tert-OH is 1. The first-order valence-electron chi connectivity index (χ1n) is 8.05. The second kappa shape index (κ2) is 7.76. The van der Waals surface area contributed by atoms with E-state index >= 15 is 0 Å². The van der Waals surface area contributed by atoms with E-state index in [1.165, 1.54) is 0 Å². The number of aromatic nitrogens is 2. The van der Waals surface area contributed by atoms with E-state index in [1.54, 1.807) is 36.3 Å². The van der Waals surface area contributed by atoms with E-state index < -0.39 is 0 Å². The van der Waals surface area contributed by atoms with Gasteiger partial charge in [0.25, 0.3) is 5.91 Å². The highest BCUT2D eigenvalue weighted by atomic mass is 35.5. The van der Waals surface area contributed by atoms with Crippen LogP contribution in [-0.2, 0) is 6.61 Å². The highest BCUT2D eigenvalue weighted by Crippen LogP contribution is 2.29. The van der Waals surface area contributed by atoms with Gasteiger partial charge in [0.1, 0.15) is 18.1 Å². The van der Waals surface area contributed by atoms with E-state index in [0.717, 1.165) is 12.8 Å². The molecule has 1 fully saturated rings. The molecular weight excluding hydrogens is 346 g/mol. The van der Waals surface area contributed by atoms with Gasteiger partial charge in [-0.15, -0.1) is 0 Å². The van der Waals surface area contributed by atoms with Gasteiger partial charge in [-0.3, -0.25) is 9.89 Å². The number of aliphatic hydroxyl groups is 1. The molecule has 0 radical (unpaired) electrons. The lowest BCUT2D eigenvalue weighted by molar-refractivity contribution is 0.0671. The SMILES string of the molecule is COc1ccc(OCc2cc(C(=O)N3CCC[C@H]3CO)n[nH]2)c(Cl)c1. The number of amides is 1. The lowest BCUT2D eigenvalue weighted by atomic mass is 10.2. The van der Waals surface area contributed by atoms with Gasteiger partial charge in [-0.25, -0.2) is 0 Å². The Balaban J connectivity index is 1.63. The quantitative estimate of drug-likeness (QED) is 0.819. The Bertz CT molecular complexity index is 749. The minimum absolute atomic E-state index is 0.0257. The topological polar surface area (TPSA) is 87.7 Å². The molecule has 0 aliphatic carbocycles. The van der Waals surface area contributed by atoms with Crippen LogP contribution in [0.2, 0.25) is 5.02 Å². The minimum Gasteiger partial charge on any atom is -0.497 e. The van der Waals surface area contributed by atoms with Crippen molar-refractivity contribution in [1.82, 2.24) is 15.1 Å². The third-order valence-corrected chi connectivity index (χ3v) is 4.52. The van der Waals surface area contributed by atoms with E-state index in [0.29, 0.717) is 34.5 Å². The van der Waals surface area contributed by atoms with Crippen LogP contribution in [0.3, 0.4) is 0 Å². The molecular formula is C17H20ClN3O4. The first-order chi connectivity index (χ1) is 12.1. The molecule has 1 atom stereocenters. The molecule has 1 saturated heterocycles. The average molecular weight is 366 g/mol. The van der Waals surface area contributed by atoms with Gasteiger partial charge in [0, 0.05) is 12.6 Å². The number of likely N-dealkylation sites (tertiary alicyclic amines) is 1. The van der Waals surface area contributed by atoms with Crippen LogP contribution in [0.5, 0.6) is 11.5 Å². The van der Waals surface area contributed by atoms with Gasteiger partial charge in [-0.1, -0.05) is 11.6 Å². The molecule has 8 heteroatoms. The number of hydrogen-bond donors (Lipinski definition) is 2. The summed E-state index contributed by atoms with van der Waals surface area (Å²) in [5, 5.41) is 16.7. The summed E-state index contributed by atoms with van der Waals surface area (Å²) in [5.41, 5.74) is 0.981. The molecule has 2 aromatic rings. The summed E-state index contributed by atoms with van der Waals surface area (Å²) in [5.74, 6) is 0.988. The van der Waals surface area contributed by atoms with Crippen LogP contribution in [-0.4, -0.2) is 52.4 Å². The number of carbonyl (C=O) groups is 1. The van der Waals surface area contributed by atoms with Gasteiger partial charge >= 0.3 is 0 Å². The molecule has 1 aromatic heterocycles. The van der Waals surface area contributed by atoms with E-state index in [9.17, 15) is 9.90 Å². The molecule has 2 N–H and O–H groups in total. The second-order valence-corrected chi connectivity index (χ2v) is 6.25. The van der Waals surface area contributed by atoms with Crippen LogP contribution in [0.1, 0.15) is 29.0 Å². The van der Waals surface area contributed by atoms with Crippen molar-refractivity contribution >= 4 is 17.5 Å². The van der Waals surface area contributed by atoms with Crippen LogP contribution >= 0.6 is 11.6 Å². The maximum Gasteiger partial charge on any atom is 0.274 e. The van der Waals surface area contributed by atoms with Crippen molar-refractivity contribution < 1.29 is 19.4 Å². The molecule has 0 bridgehead atoms. The summed E-state index contributed by atoms with van der Waals surface area (Å²) in [6.07, 6.45) is 1.71. The zero-order valence-electron chi connectivity index (χ0n) is 13.9. The van der Waals surface area contributed by atoms with Crippen molar-refractivity contribution in [3.8, 4) is 11.5 Å². The van der Waals surface area contributed by atoms with Gasteiger partial charge < -0.3 is 19.5 Å². The Morgan fingerprint density at radius 2 is 2.32 bits per heavy atom.